The topological polar surface area (TPSA) is 48.0 Å². The SMILES string of the molecule is CCC(=O)N1C(C)CC(OCc2ccccc2)C(OCc2ccccc2)C1COCc1ccccc1. The molecule has 0 aromatic heterocycles. The number of piperidine rings is 1. The van der Waals surface area contributed by atoms with Crippen LogP contribution < -0.4 is 0 Å². The molecule has 1 saturated heterocycles. The van der Waals surface area contributed by atoms with Gasteiger partial charge in [-0.3, -0.25) is 4.79 Å². The quantitative estimate of drug-likeness (QED) is 0.344. The lowest BCUT2D eigenvalue weighted by molar-refractivity contribution is -0.180. The van der Waals surface area contributed by atoms with Gasteiger partial charge in [-0.05, 0) is 30.0 Å². The highest BCUT2D eigenvalue weighted by molar-refractivity contribution is 5.76. The fourth-order valence-electron chi connectivity index (χ4n) is 4.90. The molecule has 1 heterocycles. The van der Waals surface area contributed by atoms with E-state index in [4.69, 9.17) is 14.2 Å². The Morgan fingerprint density at radius 2 is 1.28 bits per heavy atom. The number of likely N-dealkylation sites (tertiary alicyclic amines) is 1. The van der Waals surface area contributed by atoms with Gasteiger partial charge in [-0.2, -0.15) is 0 Å². The fourth-order valence-corrected chi connectivity index (χ4v) is 4.90. The van der Waals surface area contributed by atoms with Crippen molar-refractivity contribution in [3.8, 4) is 0 Å². The predicted octanol–water partition coefficient (Wildman–Crippen LogP) is 5.77. The smallest absolute Gasteiger partial charge is 0.222 e. The number of benzene rings is 3. The molecule has 0 radical (unpaired) electrons. The molecule has 0 spiro atoms. The third-order valence-corrected chi connectivity index (χ3v) is 6.73. The van der Waals surface area contributed by atoms with Crippen LogP contribution in [0.1, 0.15) is 43.4 Å². The summed E-state index contributed by atoms with van der Waals surface area (Å²) in [5.74, 6) is 0.116. The summed E-state index contributed by atoms with van der Waals surface area (Å²) >= 11 is 0. The molecule has 4 unspecified atom stereocenters. The average Bonchev–Trinajstić information content (AvgIpc) is 2.92. The van der Waals surface area contributed by atoms with Gasteiger partial charge in [0.05, 0.1) is 38.6 Å². The fraction of sp³-hybridized carbons (Fsp3) is 0.387. The highest BCUT2D eigenvalue weighted by Gasteiger charge is 2.44. The number of hydrogen-bond acceptors (Lipinski definition) is 4. The number of nitrogens with zero attached hydrogens (tertiary/aromatic N) is 1. The average molecular weight is 488 g/mol. The number of carbonyl (C=O) groups is 1. The molecule has 0 saturated carbocycles. The number of hydrogen-bond donors (Lipinski definition) is 0. The van der Waals surface area contributed by atoms with Gasteiger partial charge in [-0.15, -0.1) is 0 Å². The van der Waals surface area contributed by atoms with E-state index in [1.165, 1.54) is 0 Å². The van der Waals surface area contributed by atoms with Crippen molar-refractivity contribution < 1.29 is 19.0 Å². The van der Waals surface area contributed by atoms with Crippen molar-refractivity contribution in [2.75, 3.05) is 6.61 Å². The molecule has 3 aromatic rings. The second-order valence-corrected chi connectivity index (χ2v) is 9.40. The molecule has 4 atom stereocenters. The molecule has 0 bridgehead atoms. The van der Waals surface area contributed by atoms with Gasteiger partial charge in [0.25, 0.3) is 0 Å². The van der Waals surface area contributed by atoms with Gasteiger partial charge in [0.1, 0.15) is 6.10 Å². The largest absolute Gasteiger partial charge is 0.375 e. The van der Waals surface area contributed by atoms with Crippen LogP contribution in [0.3, 0.4) is 0 Å². The number of amides is 1. The third-order valence-electron chi connectivity index (χ3n) is 6.73. The summed E-state index contributed by atoms with van der Waals surface area (Å²) in [6, 6.07) is 30.2. The van der Waals surface area contributed by atoms with Crippen LogP contribution in [0.2, 0.25) is 0 Å². The van der Waals surface area contributed by atoms with Crippen LogP contribution in [0.15, 0.2) is 91.0 Å². The van der Waals surface area contributed by atoms with Crippen LogP contribution in [0.25, 0.3) is 0 Å². The summed E-state index contributed by atoms with van der Waals surface area (Å²) in [5.41, 5.74) is 3.32. The molecule has 1 aliphatic heterocycles. The molecule has 0 aliphatic carbocycles. The van der Waals surface area contributed by atoms with Crippen LogP contribution in [0, 0.1) is 0 Å². The first-order chi connectivity index (χ1) is 17.7. The molecule has 36 heavy (non-hydrogen) atoms. The normalized spacial score (nSPS) is 21.9. The van der Waals surface area contributed by atoms with Crippen LogP contribution in [-0.2, 0) is 38.8 Å². The molecule has 5 heteroatoms. The Bertz CT molecular complexity index is 1040. The Labute approximate surface area is 215 Å². The van der Waals surface area contributed by atoms with E-state index in [0.717, 1.165) is 16.7 Å². The molecule has 1 aliphatic rings. The molecule has 1 amide bonds. The third kappa shape index (κ3) is 7.03. The van der Waals surface area contributed by atoms with Crippen molar-refractivity contribution in [1.82, 2.24) is 4.90 Å². The van der Waals surface area contributed by atoms with E-state index in [2.05, 4.69) is 31.2 Å². The van der Waals surface area contributed by atoms with Crippen LogP contribution in [0.4, 0.5) is 0 Å². The van der Waals surface area contributed by atoms with Crippen LogP contribution in [-0.4, -0.2) is 41.7 Å². The highest BCUT2D eigenvalue weighted by atomic mass is 16.5. The van der Waals surface area contributed by atoms with E-state index in [9.17, 15) is 4.79 Å². The van der Waals surface area contributed by atoms with E-state index in [1.54, 1.807) is 0 Å². The second kappa shape index (κ2) is 13.4. The molecule has 3 aromatic carbocycles. The van der Waals surface area contributed by atoms with Gasteiger partial charge in [0.2, 0.25) is 5.91 Å². The monoisotopic (exact) mass is 487 g/mol. The molecule has 1 fully saturated rings. The second-order valence-electron chi connectivity index (χ2n) is 9.40. The molecular weight excluding hydrogens is 450 g/mol. The lowest BCUT2D eigenvalue weighted by Gasteiger charge is -2.48. The summed E-state index contributed by atoms with van der Waals surface area (Å²) in [6.45, 7) is 5.84. The Morgan fingerprint density at radius 3 is 1.81 bits per heavy atom. The van der Waals surface area contributed by atoms with E-state index < -0.39 is 0 Å². The van der Waals surface area contributed by atoms with Gasteiger partial charge in [0.15, 0.2) is 0 Å². The highest BCUT2D eigenvalue weighted by Crippen LogP contribution is 2.31. The van der Waals surface area contributed by atoms with Crippen LogP contribution >= 0.6 is 0 Å². The minimum Gasteiger partial charge on any atom is -0.375 e. The van der Waals surface area contributed by atoms with E-state index in [-0.39, 0.29) is 30.2 Å². The van der Waals surface area contributed by atoms with Crippen molar-refractivity contribution in [3.63, 3.8) is 0 Å². The van der Waals surface area contributed by atoms with Crippen molar-refractivity contribution >= 4 is 5.91 Å². The van der Waals surface area contributed by atoms with Gasteiger partial charge in [0, 0.05) is 12.5 Å². The molecule has 190 valence electrons. The molecule has 5 nitrogen and oxygen atoms in total. The van der Waals surface area contributed by atoms with Crippen LogP contribution in [0.5, 0.6) is 0 Å². The number of carbonyl (C=O) groups excluding carboxylic acids is 1. The van der Waals surface area contributed by atoms with E-state index in [1.807, 2.05) is 78.6 Å². The van der Waals surface area contributed by atoms with Crippen molar-refractivity contribution in [2.24, 2.45) is 0 Å². The Hall–Kier alpha value is -2.99. The number of ether oxygens (including phenoxy) is 3. The molecular formula is C31H37NO4. The zero-order chi connectivity index (χ0) is 25.2. The maximum absolute atomic E-state index is 13.1. The molecule has 0 N–H and O–H groups in total. The minimum atomic E-state index is -0.309. The maximum Gasteiger partial charge on any atom is 0.222 e. The Balaban J connectivity index is 1.55. The Morgan fingerprint density at radius 1 is 0.778 bits per heavy atom. The standard InChI is InChI=1S/C31H37NO4/c1-3-30(33)32-24(2)19-29(35-21-26-15-9-5-10-16-26)31(36-22-27-17-11-6-12-18-27)28(32)23-34-20-25-13-7-4-8-14-25/h4-18,24,28-29,31H,3,19-23H2,1-2H3. The Kier molecular flexibility index (Phi) is 9.68. The van der Waals surface area contributed by atoms with Gasteiger partial charge >= 0.3 is 0 Å². The summed E-state index contributed by atoms with van der Waals surface area (Å²) in [6.07, 6.45) is 0.694. The predicted molar refractivity (Wildman–Crippen MR) is 141 cm³/mol. The lowest BCUT2D eigenvalue weighted by atomic mass is 9.90. The maximum atomic E-state index is 13.1. The van der Waals surface area contributed by atoms with E-state index >= 15 is 0 Å². The van der Waals surface area contributed by atoms with Crippen molar-refractivity contribution in [3.05, 3.63) is 108 Å². The zero-order valence-corrected chi connectivity index (χ0v) is 21.3. The van der Waals surface area contributed by atoms with E-state index in [0.29, 0.717) is 39.3 Å². The first-order valence-electron chi connectivity index (χ1n) is 12.9. The van der Waals surface area contributed by atoms with Crippen molar-refractivity contribution in [1.29, 1.82) is 0 Å². The minimum absolute atomic E-state index is 0.0279. The lowest BCUT2D eigenvalue weighted by Crippen LogP contribution is -2.63. The van der Waals surface area contributed by atoms with Gasteiger partial charge < -0.3 is 19.1 Å². The zero-order valence-electron chi connectivity index (χ0n) is 21.3. The van der Waals surface area contributed by atoms with Crippen molar-refractivity contribution in [2.45, 2.75) is 70.8 Å². The summed E-state index contributed by atoms with van der Waals surface area (Å²) in [5, 5.41) is 0. The van der Waals surface area contributed by atoms with Gasteiger partial charge in [-0.25, -0.2) is 0 Å². The molecule has 4 rings (SSSR count). The first-order valence-corrected chi connectivity index (χ1v) is 12.9. The summed E-state index contributed by atoms with van der Waals surface area (Å²) < 4.78 is 19.2. The summed E-state index contributed by atoms with van der Waals surface area (Å²) in [4.78, 5) is 15.1. The number of rotatable bonds is 11. The van der Waals surface area contributed by atoms with Gasteiger partial charge in [-0.1, -0.05) is 97.9 Å². The first kappa shape index (κ1) is 26.1. The summed E-state index contributed by atoms with van der Waals surface area (Å²) in [7, 11) is 0.